The van der Waals surface area contributed by atoms with Crippen LogP contribution in [0.3, 0.4) is 0 Å². The van der Waals surface area contributed by atoms with E-state index in [2.05, 4.69) is 4.98 Å². The molecule has 4 nitrogen and oxygen atoms in total. The second-order valence-electron chi connectivity index (χ2n) is 5.72. The topological polar surface area (TPSA) is 44.1 Å². The number of halogens is 1. The molecule has 1 aromatic carbocycles. The number of carbonyl (C=O) groups excluding carboxylic acids is 1. The molecule has 21 heavy (non-hydrogen) atoms. The molecule has 0 aliphatic heterocycles. The van der Waals surface area contributed by atoms with E-state index in [0.29, 0.717) is 0 Å². The minimum absolute atomic E-state index is 0.112. The molecule has 0 unspecified atom stereocenters. The summed E-state index contributed by atoms with van der Waals surface area (Å²) >= 11 is 0. The minimum atomic E-state index is -0.785. The maximum absolute atomic E-state index is 13.9. The van der Waals surface area contributed by atoms with Gasteiger partial charge in [-0.05, 0) is 32.3 Å². The number of ether oxygens (including phenoxy) is 1. The summed E-state index contributed by atoms with van der Waals surface area (Å²) in [6.45, 7) is 3.75. The molecule has 0 N–H and O–H groups in total. The van der Waals surface area contributed by atoms with Crippen LogP contribution in [-0.4, -0.2) is 21.1 Å². The van der Waals surface area contributed by atoms with E-state index in [0.717, 1.165) is 18.4 Å². The molecule has 1 fully saturated rings. The van der Waals surface area contributed by atoms with Gasteiger partial charge >= 0.3 is 5.97 Å². The third-order valence-corrected chi connectivity index (χ3v) is 3.93. The Hall–Kier alpha value is -2.17. The van der Waals surface area contributed by atoms with E-state index in [1.165, 1.54) is 10.9 Å². The summed E-state index contributed by atoms with van der Waals surface area (Å²) in [7, 11) is 0. The molecule has 1 atom stereocenters. The fourth-order valence-electron chi connectivity index (χ4n) is 2.26. The van der Waals surface area contributed by atoms with Crippen LogP contribution in [-0.2, 0) is 4.74 Å². The lowest BCUT2D eigenvalue weighted by atomic mass is 10.1. The molecule has 3 rings (SSSR count). The third-order valence-electron chi connectivity index (χ3n) is 3.93. The Labute approximate surface area is 122 Å². The van der Waals surface area contributed by atoms with Crippen LogP contribution in [0.1, 0.15) is 48.8 Å². The average Bonchev–Trinajstić information content (AvgIpc) is 3.06. The van der Waals surface area contributed by atoms with Crippen molar-refractivity contribution >= 4 is 5.97 Å². The predicted molar refractivity (Wildman–Crippen MR) is 75.5 cm³/mol. The number of hydrogen-bond acceptors (Lipinski definition) is 3. The molecule has 1 heterocycles. The van der Waals surface area contributed by atoms with Crippen molar-refractivity contribution in [3.8, 4) is 0 Å². The predicted octanol–water partition coefficient (Wildman–Crippen LogP) is 3.34. The molecule has 5 heteroatoms. The summed E-state index contributed by atoms with van der Waals surface area (Å²) in [6, 6.07) is 9.39. The lowest BCUT2D eigenvalue weighted by Crippen LogP contribution is -2.21. The lowest BCUT2D eigenvalue weighted by Gasteiger charge is -2.17. The Morgan fingerprint density at radius 3 is 2.67 bits per heavy atom. The Morgan fingerprint density at radius 1 is 1.38 bits per heavy atom. The van der Waals surface area contributed by atoms with Gasteiger partial charge in [0.05, 0.1) is 12.4 Å². The number of nitrogens with zero attached hydrogens (tertiary/aromatic N) is 2. The summed E-state index contributed by atoms with van der Waals surface area (Å²) in [5.41, 5.74) is 0.426. The van der Waals surface area contributed by atoms with Gasteiger partial charge in [-0.2, -0.15) is 4.39 Å². The smallest absolute Gasteiger partial charge is 0.360 e. The normalized spacial score (nSPS) is 17.3. The van der Waals surface area contributed by atoms with Gasteiger partial charge in [0.15, 0.2) is 5.69 Å². The van der Waals surface area contributed by atoms with E-state index < -0.39 is 17.5 Å². The van der Waals surface area contributed by atoms with Crippen LogP contribution in [0.15, 0.2) is 36.7 Å². The molecule has 0 bridgehead atoms. The zero-order valence-electron chi connectivity index (χ0n) is 12.0. The van der Waals surface area contributed by atoms with Gasteiger partial charge in [0.2, 0.25) is 5.95 Å². The fraction of sp³-hybridized carbons (Fsp3) is 0.375. The van der Waals surface area contributed by atoms with E-state index >= 15 is 0 Å². The number of esters is 1. The van der Waals surface area contributed by atoms with Crippen LogP contribution in [0.25, 0.3) is 0 Å². The average molecular weight is 288 g/mol. The highest BCUT2D eigenvalue weighted by atomic mass is 19.1. The first-order valence-corrected chi connectivity index (χ1v) is 7.01. The quantitative estimate of drug-likeness (QED) is 0.810. The monoisotopic (exact) mass is 288 g/mol. The van der Waals surface area contributed by atoms with Crippen molar-refractivity contribution in [2.45, 2.75) is 38.3 Å². The summed E-state index contributed by atoms with van der Waals surface area (Å²) in [4.78, 5) is 15.8. The van der Waals surface area contributed by atoms with Crippen molar-refractivity contribution in [3.05, 3.63) is 53.9 Å². The zero-order chi connectivity index (χ0) is 15.0. The Morgan fingerprint density at radius 2 is 2.05 bits per heavy atom. The number of aromatic nitrogens is 2. The van der Waals surface area contributed by atoms with Gasteiger partial charge in [0.25, 0.3) is 0 Å². The first-order valence-electron chi connectivity index (χ1n) is 7.01. The van der Waals surface area contributed by atoms with Gasteiger partial charge in [0.1, 0.15) is 5.60 Å². The largest absolute Gasteiger partial charge is 0.455 e. The fourth-order valence-corrected chi connectivity index (χ4v) is 2.26. The van der Waals surface area contributed by atoms with Crippen LogP contribution in [0.2, 0.25) is 0 Å². The van der Waals surface area contributed by atoms with Gasteiger partial charge < -0.3 is 9.30 Å². The van der Waals surface area contributed by atoms with Crippen LogP contribution in [0.5, 0.6) is 0 Å². The number of rotatable bonds is 4. The SMILES string of the molecule is C[C@H](c1ccccc1)n1cnc(F)c1C(=O)OC1(C)CC1. The standard InChI is InChI=1S/C16H17FN2O2/c1-11(12-6-4-3-5-7-12)19-10-18-14(17)13(19)15(20)21-16(2)8-9-16/h3-7,10-11H,8-9H2,1-2H3/t11-/m1/s1. The number of benzene rings is 1. The first-order chi connectivity index (χ1) is 10.0. The summed E-state index contributed by atoms with van der Waals surface area (Å²) in [6.07, 6.45) is 2.99. The van der Waals surface area contributed by atoms with Crippen LogP contribution < -0.4 is 0 Å². The van der Waals surface area contributed by atoms with Crippen molar-refractivity contribution in [1.82, 2.24) is 9.55 Å². The van der Waals surface area contributed by atoms with Crippen molar-refractivity contribution in [2.75, 3.05) is 0 Å². The minimum Gasteiger partial charge on any atom is -0.455 e. The maximum Gasteiger partial charge on any atom is 0.360 e. The molecule has 0 amide bonds. The third kappa shape index (κ3) is 2.68. The molecule has 1 saturated carbocycles. The molecule has 2 aromatic rings. The van der Waals surface area contributed by atoms with Gasteiger partial charge in [-0.25, -0.2) is 9.78 Å². The van der Waals surface area contributed by atoms with Crippen LogP contribution >= 0.6 is 0 Å². The highest BCUT2D eigenvalue weighted by molar-refractivity contribution is 5.88. The van der Waals surface area contributed by atoms with Gasteiger partial charge in [-0.3, -0.25) is 0 Å². The molecule has 1 aliphatic rings. The maximum atomic E-state index is 13.9. The molecule has 1 aromatic heterocycles. The summed E-state index contributed by atoms with van der Waals surface area (Å²) < 4.78 is 20.8. The van der Waals surface area contributed by atoms with E-state index in [1.807, 2.05) is 44.2 Å². The molecule has 0 radical (unpaired) electrons. The number of hydrogen-bond donors (Lipinski definition) is 0. The summed E-state index contributed by atoms with van der Waals surface area (Å²) in [5, 5.41) is 0. The lowest BCUT2D eigenvalue weighted by molar-refractivity contribution is 0.0257. The number of imidazole rings is 1. The highest BCUT2D eigenvalue weighted by Crippen LogP contribution is 2.39. The molecule has 1 aliphatic carbocycles. The second kappa shape index (κ2) is 4.98. The van der Waals surface area contributed by atoms with Crippen molar-refractivity contribution in [3.63, 3.8) is 0 Å². The Kier molecular flexibility index (Phi) is 3.27. The Balaban J connectivity index is 1.91. The van der Waals surface area contributed by atoms with Crippen molar-refractivity contribution < 1.29 is 13.9 Å². The van der Waals surface area contributed by atoms with E-state index in [9.17, 15) is 9.18 Å². The zero-order valence-corrected chi connectivity index (χ0v) is 12.0. The molecular weight excluding hydrogens is 271 g/mol. The first kappa shape index (κ1) is 13.8. The Bertz CT molecular complexity index is 662. The van der Waals surface area contributed by atoms with Crippen LogP contribution in [0, 0.1) is 5.95 Å². The summed E-state index contributed by atoms with van der Waals surface area (Å²) in [5.74, 6) is -1.43. The van der Waals surface area contributed by atoms with Gasteiger partial charge in [-0.1, -0.05) is 30.3 Å². The van der Waals surface area contributed by atoms with E-state index in [4.69, 9.17) is 4.74 Å². The molecule has 0 spiro atoms. The second-order valence-corrected chi connectivity index (χ2v) is 5.72. The molecule has 110 valence electrons. The molecular formula is C16H17FN2O2. The molecule has 0 saturated heterocycles. The van der Waals surface area contributed by atoms with Gasteiger partial charge in [-0.15, -0.1) is 0 Å². The van der Waals surface area contributed by atoms with Crippen molar-refractivity contribution in [2.24, 2.45) is 0 Å². The van der Waals surface area contributed by atoms with Crippen molar-refractivity contribution in [1.29, 1.82) is 0 Å². The highest BCUT2D eigenvalue weighted by Gasteiger charge is 2.43. The van der Waals surface area contributed by atoms with E-state index in [-0.39, 0.29) is 11.7 Å². The van der Waals surface area contributed by atoms with E-state index in [1.54, 1.807) is 0 Å². The number of carbonyl (C=O) groups is 1. The van der Waals surface area contributed by atoms with Gasteiger partial charge in [0, 0.05) is 0 Å². The van der Waals surface area contributed by atoms with Crippen LogP contribution in [0.4, 0.5) is 4.39 Å².